The molecular weight excluding hydrogens is 854 g/mol. The fourth-order valence-corrected chi connectivity index (χ4v) is 9.21. The quantitative estimate of drug-likeness (QED) is 0.133. The molecular formula is C44H49F3N10O8. The third kappa shape index (κ3) is 8.99. The third-order valence-corrected chi connectivity index (χ3v) is 12.6. The first-order chi connectivity index (χ1) is 31.1. The van der Waals surface area contributed by atoms with E-state index in [-0.39, 0.29) is 83.3 Å². The molecule has 5 aliphatic rings. The highest BCUT2D eigenvalue weighted by atomic mass is 19.3. The Morgan fingerprint density at radius 1 is 0.985 bits per heavy atom. The molecule has 1 aromatic heterocycles. The maximum absolute atomic E-state index is 15.6. The first-order valence-electron chi connectivity index (χ1n) is 21.8. The number of aromatic nitrogens is 2. The van der Waals surface area contributed by atoms with Gasteiger partial charge in [0.1, 0.15) is 23.3 Å². The van der Waals surface area contributed by atoms with Gasteiger partial charge in [0.15, 0.2) is 5.82 Å². The Kier molecular flexibility index (Phi) is 12.7. The topological polar surface area (TPSA) is 216 Å². The molecule has 2 saturated heterocycles. The van der Waals surface area contributed by atoms with Crippen LogP contribution in [-0.2, 0) is 19.2 Å². The van der Waals surface area contributed by atoms with Crippen LogP contribution in [0.2, 0.25) is 0 Å². The number of hydrogen-bond acceptors (Lipinski definition) is 13. The third-order valence-electron chi connectivity index (χ3n) is 12.6. The molecule has 7 amide bonds. The number of carbonyl (C=O) groups excluding carboxylic acids is 7. The van der Waals surface area contributed by atoms with Gasteiger partial charge in [-0.15, -0.1) is 0 Å². The van der Waals surface area contributed by atoms with Crippen molar-refractivity contribution >= 4 is 70.2 Å². The number of imide groups is 2. The van der Waals surface area contributed by atoms with Gasteiger partial charge in [0, 0.05) is 63.4 Å². The zero-order valence-electron chi connectivity index (χ0n) is 35.9. The molecule has 21 heteroatoms. The van der Waals surface area contributed by atoms with E-state index in [1.807, 2.05) is 0 Å². The van der Waals surface area contributed by atoms with E-state index < -0.39 is 65.8 Å². The van der Waals surface area contributed by atoms with E-state index in [9.17, 15) is 33.6 Å². The van der Waals surface area contributed by atoms with Crippen LogP contribution in [0.15, 0.2) is 36.5 Å². The van der Waals surface area contributed by atoms with Gasteiger partial charge in [-0.3, -0.25) is 43.8 Å². The van der Waals surface area contributed by atoms with E-state index in [1.165, 1.54) is 37.4 Å². The Labute approximate surface area is 371 Å². The second-order valence-corrected chi connectivity index (χ2v) is 16.9. The number of anilines is 5. The van der Waals surface area contributed by atoms with Crippen molar-refractivity contribution in [2.24, 2.45) is 0 Å². The van der Waals surface area contributed by atoms with Crippen molar-refractivity contribution in [3.63, 3.8) is 0 Å². The minimum absolute atomic E-state index is 0.0257. The summed E-state index contributed by atoms with van der Waals surface area (Å²) in [5, 5.41) is 11.1. The number of piperidine rings is 1. The molecule has 1 aliphatic carbocycles. The molecule has 0 radical (unpaired) electrons. The number of carbonyl (C=O) groups is 7. The lowest BCUT2D eigenvalue weighted by atomic mass is 10.0. The summed E-state index contributed by atoms with van der Waals surface area (Å²) in [5.74, 6) is -8.86. The SMILES string of the molecule is COc1cc(C(=O)NC2CCN(C(=O)CCCCCNc3cccc4c3C(=O)N(C3CCC(=O)NC3=O)C4=O)C2)c(F)cc1Nc1ncc2c(n1)N(C1CCCC1)CC(F)(F)C(=O)N2C. The number of halogens is 3. The number of nitrogens with zero attached hydrogens (tertiary/aromatic N) is 6. The van der Waals surface area contributed by atoms with Crippen molar-refractivity contribution in [2.45, 2.75) is 94.7 Å². The van der Waals surface area contributed by atoms with Crippen LogP contribution >= 0.6 is 0 Å². The normalized spacial score (nSPS) is 20.7. The van der Waals surface area contributed by atoms with Gasteiger partial charge in [0.2, 0.25) is 23.7 Å². The Morgan fingerprint density at radius 3 is 2.52 bits per heavy atom. The molecule has 18 nitrogen and oxygen atoms in total. The molecule has 3 fully saturated rings. The number of nitrogens with one attached hydrogen (secondary N) is 4. The van der Waals surface area contributed by atoms with Gasteiger partial charge in [0.05, 0.1) is 42.2 Å². The van der Waals surface area contributed by atoms with Crippen LogP contribution < -0.4 is 35.8 Å². The first kappa shape index (κ1) is 44.8. The molecule has 2 atom stereocenters. The van der Waals surface area contributed by atoms with Crippen molar-refractivity contribution in [3.8, 4) is 5.75 Å². The lowest BCUT2D eigenvalue weighted by Crippen LogP contribution is -2.54. The van der Waals surface area contributed by atoms with Crippen molar-refractivity contribution in [1.29, 1.82) is 0 Å². The molecule has 344 valence electrons. The van der Waals surface area contributed by atoms with Gasteiger partial charge in [-0.1, -0.05) is 25.3 Å². The number of fused-ring (bicyclic) bond motifs is 2. The van der Waals surface area contributed by atoms with Gasteiger partial charge < -0.3 is 35.4 Å². The molecule has 1 saturated carbocycles. The van der Waals surface area contributed by atoms with E-state index in [2.05, 4.69) is 31.2 Å². The molecule has 2 unspecified atom stereocenters. The number of amides is 7. The summed E-state index contributed by atoms with van der Waals surface area (Å²) in [6.07, 6.45) is 7.01. The van der Waals surface area contributed by atoms with Crippen LogP contribution in [0.4, 0.5) is 42.0 Å². The maximum Gasteiger partial charge on any atom is 0.342 e. The van der Waals surface area contributed by atoms with E-state index in [1.54, 1.807) is 17.0 Å². The van der Waals surface area contributed by atoms with Crippen LogP contribution in [0.1, 0.15) is 102 Å². The number of ether oxygens (including phenoxy) is 1. The average molecular weight is 903 g/mol. The van der Waals surface area contributed by atoms with Crippen LogP contribution in [-0.4, -0.2) is 126 Å². The summed E-state index contributed by atoms with van der Waals surface area (Å²) in [6.45, 7) is 0.256. The van der Waals surface area contributed by atoms with Crippen LogP contribution in [0.25, 0.3) is 0 Å². The standard InChI is InChI=1S/C44H49F3N10O8/c1-54-32-21-49-43(53-37(32)56(25-9-5-6-10-25)23-44(46,47)42(54)64)51-30-20-28(45)27(19-33(30)65-2)38(60)50-24-16-18-55(22-24)35(59)13-4-3-7-17-48-29-12-8-11-26-36(29)41(63)57(40(26)62)31-14-15-34(58)52-39(31)61/h8,11-12,19-21,24-25,31,48H,3-7,9-10,13-18,22-23H2,1-2H3,(H,50,60)(H,49,51,53)(H,52,58,61). The Balaban J connectivity index is 0.814. The van der Waals surface area contributed by atoms with Gasteiger partial charge in [0.25, 0.3) is 23.6 Å². The number of likely N-dealkylation sites (tertiary alicyclic amines) is 1. The van der Waals surface area contributed by atoms with E-state index in [0.29, 0.717) is 57.3 Å². The van der Waals surface area contributed by atoms with Crippen molar-refractivity contribution in [1.82, 2.24) is 30.4 Å². The number of methoxy groups -OCH3 is 1. The number of alkyl halides is 2. The minimum Gasteiger partial charge on any atom is -0.495 e. The molecule has 4 N–H and O–H groups in total. The molecule has 0 bridgehead atoms. The Bertz CT molecular complexity index is 2450. The average Bonchev–Trinajstić information content (AvgIpc) is 4.04. The molecule has 0 spiro atoms. The zero-order chi connectivity index (χ0) is 46.2. The fourth-order valence-electron chi connectivity index (χ4n) is 9.21. The zero-order valence-corrected chi connectivity index (χ0v) is 35.9. The molecule has 2 aromatic carbocycles. The monoisotopic (exact) mass is 902 g/mol. The summed E-state index contributed by atoms with van der Waals surface area (Å²) >= 11 is 0. The number of benzene rings is 2. The van der Waals surface area contributed by atoms with Crippen LogP contribution in [0.5, 0.6) is 5.75 Å². The van der Waals surface area contributed by atoms with Crippen molar-refractivity contribution < 1.29 is 51.5 Å². The Hall–Kier alpha value is -6.80. The highest BCUT2D eigenvalue weighted by Crippen LogP contribution is 2.40. The molecule has 8 rings (SSSR count). The van der Waals surface area contributed by atoms with Crippen molar-refractivity contribution in [2.75, 3.05) is 60.8 Å². The van der Waals surface area contributed by atoms with Crippen LogP contribution in [0.3, 0.4) is 0 Å². The predicted octanol–water partition coefficient (Wildman–Crippen LogP) is 4.13. The smallest absolute Gasteiger partial charge is 0.342 e. The summed E-state index contributed by atoms with van der Waals surface area (Å²) < 4.78 is 51.2. The Morgan fingerprint density at radius 2 is 1.77 bits per heavy atom. The lowest BCUT2D eigenvalue weighted by molar-refractivity contribution is -0.140. The molecule has 3 aromatic rings. The summed E-state index contributed by atoms with van der Waals surface area (Å²) in [7, 11) is 2.58. The number of rotatable bonds is 14. The largest absolute Gasteiger partial charge is 0.495 e. The second kappa shape index (κ2) is 18.4. The molecule has 5 heterocycles. The highest BCUT2D eigenvalue weighted by Gasteiger charge is 2.49. The lowest BCUT2D eigenvalue weighted by Gasteiger charge is -2.31. The maximum atomic E-state index is 15.6. The predicted molar refractivity (Wildman–Crippen MR) is 229 cm³/mol. The first-order valence-corrected chi connectivity index (χ1v) is 21.8. The summed E-state index contributed by atoms with van der Waals surface area (Å²) in [6, 6.07) is 5.38. The fraction of sp³-hybridized carbons (Fsp3) is 0.477. The van der Waals surface area contributed by atoms with Gasteiger partial charge in [-0.05, 0) is 56.7 Å². The molecule has 65 heavy (non-hydrogen) atoms. The van der Waals surface area contributed by atoms with Crippen molar-refractivity contribution in [3.05, 3.63) is 59.0 Å². The number of unbranched alkanes of at least 4 members (excludes halogenated alkanes) is 2. The van der Waals surface area contributed by atoms with Gasteiger partial charge in [-0.25, -0.2) is 9.37 Å². The summed E-state index contributed by atoms with van der Waals surface area (Å²) in [4.78, 5) is 103. The number of hydrogen-bond donors (Lipinski definition) is 4. The van der Waals surface area contributed by atoms with Gasteiger partial charge >= 0.3 is 5.92 Å². The van der Waals surface area contributed by atoms with E-state index in [4.69, 9.17) is 4.74 Å². The highest BCUT2D eigenvalue weighted by molar-refractivity contribution is 6.25. The second-order valence-electron chi connectivity index (χ2n) is 16.9. The van der Waals surface area contributed by atoms with E-state index in [0.717, 1.165) is 28.7 Å². The van der Waals surface area contributed by atoms with E-state index >= 15 is 13.2 Å². The van der Waals surface area contributed by atoms with Gasteiger partial charge in [-0.2, -0.15) is 13.8 Å². The summed E-state index contributed by atoms with van der Waals surface area (Å²) in [5.41, 5.74) is 0.695. The van der Waals surface area contributed by atoms with Crippen LogP contribution in [0, 0.1) is 5.82 Å². The minimum atomic E-state index is -3.65. The molecule has 4 aliphatic heterocycles.